The number of nitrogens with zero attached hydrogens (tertiary/aromatic N) is 2. The molecule has 0 saturated heterocycles. The largest absolute Gasteiger partial charge is 0.477 e. The van der Waals surface area contributed by atoms with E-state index in [1.54, 1.807) is 12.1 Å². The molecule has 0 unspecified atom stereocenters. The minimum Gasteiger partial charge on any atom is -0.477 e. The third kappa shape index (κ3) is 2.85. The van der Waals surface area contributed by atoms with Gasteiger partial charge in [-0.05, 0) is 19.1 Å². The van der Waals surface area contributed by atoms with Gasteiger partial charge in [-0.25, -0.2) is 14.8 Å². The summed E-state index contributed by atoms with van der Waals surface area (Å²) in [6, 6.07) is 3.31. The molecule has 0 bridgehead atoms. The zero-order chi connectivity index (χ0) is 12.3. The van der Waals surface area contributed by atoms with Gasteiger partial charge in [0.25, 0.3) is 0 Å². The predicted molar refractivity (Wildman–Crippen MR) is 62.0 cm³/mol. The Hall–Kier alpha value is -1.82. The molecule has 0 aliphatic carbocycles. The van der Waals surface area contributed by atoms with Gasteiger partial charge in [-0.1, -0.05) is 0 Å². The van der Waals surface area contributed by atoms with Gasteiger partial charge in [-0.2, -0.15) is 0 Å². The van der Waals surface area contributed by atoms with E-state index in [4.69, 9.17) is 9.52 Å². The van der Waals surface area contributed by atoms with E-state index in [1.165, 1.54) is 24.4 Å². The third-order valence-electron chi connectivity index (χ3n) is 2.17. The lowest BCUT2D eigenvalue weighted by atomic mass is 10.3. The summed E-state index contributed by atoms with van der Waals surface area (Å²) in [6.45, 7) is 1.85. The van der Waals surface area contributed by atoms with Crippen LogP contribution in [0.4, 0.5) is 0 Å². The molecule has 0 aliphatic heterocycles. The normalized spacial score (nSPS) is 10.4. The first-order valence-electron chi connectivity index (χ1n) is 4.88. The van der Waals surface area contributed by atoms with E-state index in [2.05, 4.69) is 9.97 Å². The maximum atomic E-state index is 10.7. The number of thioether (sulfide) groups is 1. The highest BCUT2D eigenvalue weighted by Gasteiger charge is 2.07. The van der Waals surface area contributed by atoms with E-state index in [0.717, 1.165) is 16.3 Å². The van der Waals surface area contributed by atoms with Gasteiger partial charge in [-0.15, -0.1) is 11.8 Å². The number of hydrogen-bond donors (Lipinski definition) is 1. The lowest BCUT2D eigenvalue weighted by Crippen LogP contribution is -1.99. The summed E-state index contributed by atoms with van der Waals surface area (Å²) in [5, 5.41) is 8.81. The Kier molecular flexibility index (Phi) is 3.43. The van der Waals surface area contributed by atoms with Crippen LogP contribution in [0.25, 0.3) is 0 Å². The van der Waals surface area contributed by atoms with Crippen LogP contribution < -0.4 is 0 Å². The van der Waals surface area contributed by atoms with Crippen molar-refractivity contribution in [2.45, 2.75) is 17.6 Å². The minimum absolute atomic E-state index is 0.0480. The van der Waals surface area contributed by atoms with Crippen molar-refractivity contribution in [2.24, 2.45) is 0 Å². The Morgan fingerprint density at radius 2 is 2.35 bits per heavy atom. The number of hydrogen-bond acceptors (Lipinski definition) is 5. The van der Waals surface area contributed by atoms with Crippen LogP contribution in [0.3, 0.4) is 0 Å². The lowest BCUT2D eigenvalue weighted by molar-refractivity contribution is 0.0690. The molecule has 5 nitrogen and oxygen atoms in total. The molecule has 2 aromatic heterocycles. The minimum atomic E-state index is -1.02. The van der Waals surface area contributed by atoms with E-state index in [1.807, 2.05) is 6.92 Å². The van der Waals surface area contributed by atoms with Crippen molar-refractivity contribution in [3.05, 3.63) is 41.9 Å². The summed E-state index contributed by atoms with van der Waals surface area (Å²) in [4.78, 5) is 19.4. The molecule has 0 aliphatic rings. The summed E-state index contributed by atoms with van der Waals surface area (Å²) in [5.41, 5.74) is 0.913. The fourth-order valence-electron chi connectivity index (χ4n) is 1.24. The van der Waals surface area contributed by atoms with Gasteiger partial charge < -0.3 is 9.52 Å². The van der Waals surface area contributed by atoms with Gasteiger partial charge in [0.1, 0.15) is 11.5 Å². The Morgan fingerprint density at radius 3 is 3.00 bits per heavy atom. The van der Waals surface area contributed by atoms with Crippen LogP contribution in [0.15, 0.2) is 34.0 Å². The predicted octanol–water partition coefficient (Wildman–Crippen LogP) is 2.37. The number of pyridine rings is 1. The van der Waals surface area contributed by atoms with Gasteiger partial charge in [-0.3, -0.25) is 0 Å². The number of aryl methyl sites for hydroxylation is 1. The molecule has 2 aromatic rings. The first kappa shape index (κ1) is 11.7. The molecule has 0 spiro atoms. The zero-order valence-corrected chi connectivity index (χ0v) is 9.90. The highest BCUT2D eigenvalue weighted by atomic mass is 32.2. The molecule has 17 heavy (non-hydrogen) atoms. The smallest absolute Gasteiger partial charge is 0.354 e. The molecule has 6 heteroatoms. The number of carbonyl (C=O) groups is 1. The first-order chi connectivity index (χ1) is 8.16. The van der Waals surface area contributed by atoms with Crippen molar-refractivity contribution in [3.8, 4) is 0 Å². The monoisotopic (exact) mass is 250 g/mol. The number of aromatic nitrogens is 2. The fourth-order valence-corrected chi connectivity index (χ4v) is 2.17. The summed E-state index contributed by atoms with van der Waals surface area (Å²) in [7, 11) is 0. The highest BCUT2D eigenvalue weighted by Crippen LogP contribution is 2.23. The molecule has 0 amide bonds. The van der Waals surface area contributed by atoms with Crippen molar-refractivity contribution in [3.63, 3.8) is 0 Å². The molecule has 0 saturated carbocycles. The molecule has 2 heterocycles. The third-order valence-corrected chi connectivity index (χ3v) is 3.18. The Bertz CT molecular complexity index is 539. The van der Waals surface area contributed by atoms with Crippen LogP contribution in [0, 0.1) is 6.92 Å². The first-order valence-corrected chi connectivity index (χ1v) is 5.86. The number of carboxylic acid groups (broad SMARTS) is 1. The summed E-state index contributed by atoms with van der Waals surface area (Å²) < 4.78 is 5.08. The second-order valence-electron chi connectivity index (χ2n) is 3.33. The van der Waals surface area contributed by atoms with Crippen molar-refractivity contribution in [2.75, 3.05) is 0 Å². The number of carboxylic acids is 1. The molecule has 0 radical (unpaired) electrons. The second-order valence-corrected chi connectivity index (χ2v) is 4.37. The number of rotatable bonds is 4. The topological polar surface area (TPSA) is 76.2 Å². The maximum Gasteiger partial charge on any atom is 0.354 e. The number of aromatic carboxylic acids is 1. The summed E-state index contributed by atoms with van der Waals surface area (Å²) in [6.07, 6.45) is 2.89. The van der Waals surface area contributed by atoms with Gasteiger partial charge >= 0.3 is 5.97 Å². The molecule has 1 N–H and O–H groups in total. The zero-order valence-electron chi connectivity index (χ0n) is 9.08. The van der Waals surface area contributed by atoms with E-state index >= 15 is 0 Å². The molecule has 2 rings (SSSR count). The second kappa shape index (κ2) is 5.01. The van der Waals surface area contributed by atoms with Crippen LogP contribution in [0.5, 0.6) is 0 Å². The molecule has 0 atom stereocenters. The van der Waals surface area contributed by atoms with Crippen LogP contribution in [0.1, 0.15) is 21.9 Å². The molecular formula is C11H10N2O3S. The van der Waals surface area contributed by atoms with E-state index < -0.39 is 5.97 Å². The van der Waals surface area contributed by atoms with Gasteiger partial charge in [0.2, 0.25) is 0 Å². The summed E-state index contributed by atoms with van der Waals surface area (Å²) in [5.74, 6) is 0.404. The van der Waals surface area contributed by atoms with Gasteiger partial charge in [0, 0.05) is 16.8 Å². The average molecular weight is 250 g/mol. The van der Waals surface area contributed by atoms with Crippen LogP contribution in [0.2, 0.25) is 0 Å². The maximum absolute atomic E-state index is 10.7. The fraction of sp³-hybridized carbons (Fsp3) is 0.182. The van der Waals surface area contributed by atoms with Crippen molar-refractivity contribution >= 4 is 17.7 Å². The average Bonchev–Trinajstić information content (AvgIpc) is 2.72. The highest BCUT2D eigenvalue weighted by molar-refractivity contribution is 7.98. The van der Waals surface area contributed by atoms with E-state index in [0.29, 0.717) is 5.75 Å². The Balaban J connectivity index is 2.07. The van der Waals surface area contributed by atoms with Crippen LogP contribution in [-0.4, -0.2) is 21.0 Å². The van der Waals surface area contributed by atoms with Crippen molar-refractivity contribution in [1.82, 2.24) is 9.97 Å². The number of oxazole rings is 1. The van der Waals surface area contributed by atoms with Crippen molar-refractivity contribution < 1.29 is 14.3 Å². The SMILES string of the molecule is Cc1ocnc1CSc1ccnc(C(=O)O)c1. The quantitative estimate of drug-likeness (QED) is 0.839. The van der Waals surface area contributed by atoms with Gasteiger partial charge in [0.05, 0.1) is 5.69 Å². The molecule has 88 valence electrons. The molecular weight excluding hydrogens is 240 g/mol. The van der Waals surface area contributed by atoms with Crippen LogP contribution in [-0.2, 0) is 5.75 Å². The van der Waals surface area contributed by atoms with Crippen molar-refractivity contribution in [1.29, 1.82) is 0 Å². The Labute approximate surface area is 102 Å². The molecule has 0 fully saturated rings. The van der Waals surface area contributed by atoms with E-state index in [-0.39, 0.29) is 5.69 Å². The lowest BCUT2D eigenvalue weighted by Gasteiger charge is -2.00. The van der Waals surface area contributed by atoms with Gasteiger partial charge in [0.15, 0.2) is 6.39 Å². The molecule has 0 aromatic carbocycles. The standard InChI is InChI=1S/C11H10N2O3S/c1-7-10(13-6-16-7)5-17-8-2-3-12-9(4-8)11(14)15/h2-4,6H,5H2,1H3,(H,14,15). The Morgan fingerprint density at radius 1 is 1.53 bits per heavy atom. The van der Waals surface area contributed by atoms with E-state index in [9.17, 15) is 4.79 Å². The summed E-state index contributed by atoms with van der Waals surface area (Å²) >= 11 is 1.50. The van der Waals surface area contributed by atoms with Crippen LogP contribution >= 0.6 is 11.8 Å².